The molecule has 0 spiro atoms. The van der Waals surface area contributed by atoms with Gasteiger partial charge in [-0.05, 0) is 44.1 Å². The van der Waals surface area contributed by atoms with Gasteiger partial charge in [-0.15, -0.1) is 0 Å². The van der Waals surface area contributed by atoms with Crippen LogP contribution in [0.1, 0.15) is 64.7 Å². The van der Waals surface area contributed by atoms with Crippen molar-refractivity contribution in [1.82, 2.24) is 10.6 Å². The van der Waals surface area contributed by atoms with Crippen LogP contribution in [0.3, 0.4) is 0 Å². The zero-order valence-corrected chi connectivity index (χ0v) is 12.2. The first-order valence-electron chi connectivity index (χ1n) is 8.32. The minimum absolute atomic E-state index is 0.825. The third-order valence-electron chi connectivity index (χ3n) is 4.99. The Morgan fingerprint density at radius 2 is 1.67 bits per heavy atom. The summed E-state index contributed by atoms with van der Waals surface area (Å²) in [4.78, 5) is 0. The summed E-state index contributed by atoms with van der Waals surface area (Å²) in [6.07, 6.45) is 12.9. The molecule has 0 aliphatic heterocycles. The van der Waals surface area contributed by atoms with E-state index in [1.807, 2.05) is 0 Å². The van der Waals surface area contributed by atoms with Crippen molar-refractivity contribution in [2.75, 3.05) is 19.6 Å². The van der Waals surface area contributed by atoms with Gasteiger partial charge in [0.2, 0.25) is 0 Å². The summed E-state index contributed by atoms with van der Waals surface area (Å²) in [5, 5.41) is 7.34. The Kier molecular flexibility index (Phi) is 6.50. The first-order chi connectivity index (χ1) is 8.88. The Morgan fingerprint density at radius 1 is 0.889 bits per heavy atom. The van der Waals surface area contributed by atoms with Crippen LogP contribution in [0.2, 0.25) is 0 Å². The second-order valence-electron chi connectivity index (χ2n) is 6.45. The maximum absolute atomic E-state index is 3.68. The first kappa shape index (κ1) is 14.3. The first-order valence-corrected chi connectivity index (χ1v) is 8.32. The van der Waals surface area contributed by atoms with E-state index in [1.54, 1.807) is 0 Å². The highest BCUT2D eigenvalue weighted by Gasteiger charge is 2.20. The maximum atomic E-state index is 3.68. The third kappa shape index (κ3) is 4.89. The van der Waals surface area contributed by atoms with Crippen molar-refractivity contribution in [3.63, 3.8) is 0 Å². The summed E-state index contributed by atoms with van der Waals surface area (Å²) in [5.41, 5.74) is 0. The van der Waals surface area contributed by atoms with Gasteiger partial charge < -0.3 is 10.6 Å². The molecule has 2 rings (SSSR count). The molecule has 2 heteroatoms. The Hall–Kier alpha value is -0.0800. The zero-order valence-electron chi connectivity index (χ0n) is 12.2. The smallest absolute Gasteiger partial charge is 0.00793 e. The minimum Gasteiger partial charge on any atom is -0.315 e. The molecule has 0 radical (unpaired) electrons. The largest absolute Gasteiger partial charge is 0.315 e. The summed E-state index contributed by atoms with van der Waals surface area (Å²) >= 11 is 0. The zero-order chi connectivity index (χ0) is 12.6. The lowest BCUT2D eigenvalue weighted by atomic mass is 9.80. The molecule has 0 aromatic rings. The standard InChI is InChI=1S/C16H32N2/c1-2-14-6-5-7-15(12-14)13-17-10-11-18-16-8-3-4-9-16/h14-18H,2-13H2,1H3. The normalized spacial score (nSPS) is 29.8. The van der Waals surface area contributed by atoms with Crippen LogP contribution in [0, 0.1) is 11.8 Å². The topological polar surface area (TPSA) is 24.1 Å². The van der Waals surface area contributed by atoms with Gasteiger partial charge in [0.1, 0.15) is 0 Å². The van der Waals surface area contributed by atoms with Crippen LogP contribution in [0.5, 0.6) is 0 Å². The van der Waals surface area contributed by atoms with Crippen molar-refractivity contribution in [2.24, 2.45) is 11.8 Å². The summed E-state index contributed by atoms with van der Waals surface area (Å²) in [7, 11) is 0. The fraction of sp³-hybridized carbons (Fsp3) is 1.00. The second kappa shape index (κ2) is 8.16. The van der Waals surface area contributed by atoms with Gasteiger partial charge in [0.25, 0.3) is 0 Å². The molecule has 0 aromatic heterocycles. The van der Waals surface area contributed by atoms with E-state index in [0.717, 1.165) is 31.0 Å². The lowest BCUT2D eigenvalue weighted by Crippen LogP contribution is -2.35. The molecule has 2 atom stereocenters. The molecule has 2 saturated carbocycles. The predicted molar refractivity (Wildman–Crippen MR) is 78.9 cm³/mol. The van der Waals surface area contributed by atoms with Gasteiger partial charge in [-0.3, -0.25) is 0 Å². The molecule has 0 bridgehead atoms. The Labute approximate surface area is 113 Å². The van der Waals surface area contributed by atoms with Crippen LogP contribution in [0.4, 0.5) is 0 Å². The molecule has 106 valence electrons. The van der Waals surface area contributed by atoms with Crippen LogP contribution in [0.15, 0.2) is 0 Å². The average molecular weight is 252 g/mol. The van der Waals surface area contributed by atoms with E-state index >= 15 is 0 Å². The van der Waals surface area contributed by atoms with E-state index in [9.17, 15) is 0 Å². The Bertz CT molecular complexity index is 211. The molecule has 2 aliphatic rings. The Morgan fingerprint density at radius 3 is 2.44 bits per heavy atom. The van der Waals surface area contributed by atoms with Crippen LogP contribution in [0.25, 0.3) is 0 Å². The number of rotatable bonds is 7. The second-order valence-corrected chi connectivity index (χ2v) is 6.45. The van der Waals surface area contributed by atoms with Crippen molar-refractivity contribution < 1.29 is 0 Å². The molecule has 2 fully saturated rings. The van der Waals surface area contributed by atoms with E-state index in [-0.39, 0.29) is 0 Å². The van der Waals surface area contributed by atoms with Crippen molar-refractivity contribution >= 4 is 0 Å². The summed E-state index contributed by atoms with van der Waals surface area (Å²) < 4.78 is 0. The SMILES string of the molecule is CCC1CCCC(CNCCNC2CCCC2)C1. The van der Waals surface area contributed by atoms with Gasteiger partial charge in [-0.25, -0.2) is 0 Å². The highest BCUT2D eigenvalue weighted by molar-refractivity contribution is 4.75. The number of hydrogen-bond acceptors (Lipinski definition) is 2. The molecule has 0 amide bonds. The van der Waals surface area contributed by atoms with Crippen LogP contribution in [-0.4, -0.2) is 25.7 Å². The van der Waals surface area contributed by atoms with E-state index in [2.05, 4.69) is 17.6 Å². The molecule has 0 saturated heterocycles. The number of hydrogen-bond donors (Lipinski definition) is 2. The fourth-order valence-electron chi connectivity index (χ4n) is 3.76. The summed E-state index contributed by atoms with van der Waals surface area (Å²) in [5.74, 6) is 1.97. The van der Waals surface area contributed by atoms with E-state index in [0.29, 0.717) is 0 Å². The van der Waals surface area contributed by atoms with Crippen molar-refractivity contribution in [1.29, 1.82) is 0 Å². The molecule has 2 nitrogen and oxygen atoms in total. The molecule has 2 N–H and O–H groups in total. The van der Waals surface area contributed by atoms with E-state index in [4.69, 9.17) is 0 Å². The van der Waals surface area contributed by atoms with Crippen molar-refractivity contribution in [2.45, 2.75) is 70.8 Å². The molecule has 2 unspecified atom stereocenters. The molecule has 18 heavy (non-hydrogen) atoms. The van der Waals surface area contributed by atoms with Gasteiger partial charge in [0.05, 0.1) is 0 Å². The average Bonchev–Trinajstić information content (AvgIpc) is 2.92. The summed E-state index contributed by atoms with van der Waals surface area (Å²) in [6, 6.07) is 0.825. The number of nitrogens with one attached hydrogen (secondary N) is 2. The lowest BCUT2D eigenvalue weighted by molar-refractivity contribution is 0.254. The lowest BCUT2D eigenvalue weighted by Gasteiger charge is -2.28. The molecular weight excluding hydrogens is 220 g/mol. The fourth-order valence-corrected chi connectivity index (χ4v) is 3.76. The highest BCUT2D eigenvalue weighted by atomic mass is 15.0. The molecule has 0 aromatic carbocycles. The van der Waals surface area contributed by atoms with Crippen LogP contribution < -0.4 is 10.6 Å². The summed E-state index contributed by atoms with van der Waals surface area (Å²) in [6.45, 7) is 5.92. The van der Waals surface area contributed by atoms with Gasteiger partial charge in [-0.2, -0.15) is 0 Å². The van der Waals surface area contributed by atoms with Crippen molar-refractivity contribution in [3.8, 4) is 0 Å². The van der Waals surface area contributed by atoms with Gasteiger partial charge in [-0.1, -0.05) is 39.0 Å². The van der Waals surface area contributed by atoms with Crippen molar-refractivity contribution in [3.05, 3.63) is 0 Å². The highest BCUT2D eigenvalue weighted by Crippen LogP contribution is 2.30. The molecule has 0 heterocycles. The quantitative estimate of drug-likeness (QED) is 0.679. The van der Waals surface area contributed by atoms with Gasteiger partial charge in [0, 0.05) is 19.1 Å². The third-order valence-corrected chi connectivity index (χ3v) is 4.99. The van der Waals surface area contributed by atoms with E-state index in [1.165, 1.54) is 64.3 Å². The molecular formula is C16H32N2. The predicted octanol–water partition coefficient (Wildman–Crippen LogP) is 3.32. The monoisotopic (exact) mass is 252 g/mol. The van der Waals surface area contributed by atoms with Gasteiger partial charge in [0.15, 0.2) is 0 Å². The van der Waals surface area contributed by atoms with Crippen LogP contribution in [-0.2, 0) is 0 Å². The van der Waals surface area contributed by atoms with Gasteiger partial charge >= 0.3 is 0 Å². The van der Waals surface area contributed by atoms with E-state index < -0.39 is 0 Å². The molecule has 2 aliphatic carbocycles. The maximum Gasteiger partial charge on any atom is 0.00793 e. The Balaban J connectivity index is 1.47. The minimum atomic E-state index is 0.825. The van der Waals surface area contributed by atoms with Crippen LogP contribution >= 0.6 is 0 Å².